The van der Waals surface area contributed by atoms with E-state index in [1.165, 1.54) is 17.0 Å². The monoisotopic (exact) mass is 341 g/mol. The molecule has 6 nitrogen and oxygen atoms in total. The van der Waals surface area contributed by atoms with Crippen molar-refractivity contribution < 1.29 is 4.74 Å². The maximum absolute atomic E-state index is 5.53. The lowest BCUT2D eigenvalue weighted by molar-refractivity contribution is 0.197. The van der Waals surface area contributed by atoms with Crippen LogP contribution in [0.15, 0.2) is 18.2 Å². The summed E-state index contributed by atoms with van der Waals surface area (Å²) in [5, 5.41) is 12.2. The fourth-order valence-electron chi connectivity index (χ4n) is 4.04. The zero-order valence-electron chi connectivity index (χ0n) is 15.2. The van der Waals surface area contributed by atoms with Crippen LogP contribution in [0.25, 0.3) is 0 Å². The number of likely N-dealkylation sites (tertiary alicyclic amines) is 1. The molecule has 1 fully saturated rings. The highest BCUT2D eigenvalue weighted by Crippen LogP contribution is 2.30. The number of aryl methyl sites for hydroxylation is 1. The van der Waals surface area contributed by atoms with Crippen LogP contribution < -0.4 is 10.1 Å². The number of ether oxygens (including phenoxy) is 1. The molecule has 6 heteroatoms. The van der Waals surface area contributed by atoms with Crippen LogP contribution in [0.3, 0.4) is 0 Å². The number of piperidine rings is 1. The Morgan fingerprint density at radius 3 is 2.84 bits per heavy atom. The maximum Gasteiger partial charge on any atom is 0.147 e. The highest BCUT2D eigenvalue weighted by Gasteiger charge is 2.27. The predicted molar refractivity (Wildman–Crippen MR) is 96.7 cm³/mol. The maximum atomic E-state index is 5.53. The van der Waals surface area contributed by atoms with E-state index in [-0.39, 0.29) is 0 Å². The molecular weight excluding hydrogens is 314 g/mol. The third kappa shape index (κ3) is 3.41. The second kappa shape index (κ2) is 7.14. The van der Waals surface area contributed by atoms with Crippen molar-refractivity contribution in [3.63, 3.8) is 0 Å². The fraction of sp³-hybridized carbons (Fsp3) is 0.579. The number of aromatic nitrogens is 3. The Labute approximate surface area is 149 Å². The van der Waals surface area contributed by atoms with Gasteiger partial charge in [-0.1, -0.05) is 17.7 Å². The fourth-order valence-corrected chi connectivity index (χ4v) is 4.04. The van der Waals surface area contributed by atoms with Gasteiger partial charge in [0.2, 0.25) is 0 Å². The zero-order valence-corrected chi connectivity index (χ0v) is 15.2. The van der Waals surface area contributed by atoms with Gasteiger partial charge in [0.05, 0.1) is 13.7 Å². The Kier molecular flexibility index (Phi) is 4.72. The number of rotatable bonds is 4. The number of methoxy groups -OCH3 is 1. The van der Waals surface area contributed by atoms with Crippen LogP contribution in [0.1, 0.15) is 41.5 Å². The summed E-state index contributed by atoms with van der Waals surface area (Å²) in [5.41, 5.74) is 2.57. The van der Waals surface area contributed by atoms with E-state index in [1.54, 1.807) is 7.11 Å². The molecule has 0 atom stereocenters. The molecule has 0 bridgehead atoms. The highest BCUT2D eigenvalue weighted by molar-refractivity contribution is 5.36. The molecule has 0 saturated carbocycles. The van der Waals surface area contributed by atoms with Gasteiger partial charge in [-0.3, -0.25) is 4.90 Å². The van der Waals surface area contributed by atoms with Crippen molar-refractivity contribution in [3.05, 3.63) is 41.0 Å². The first-order chi connectivity index (χ1) is 12.2. The average molecular weight is 341 g/mol. The van der Waals surface area contributed by atoms with Gasteiger partial charge >= 0.3 is 0 Å². The van der Waals surface area contributed by atoms with E-state index in [1.807, 2.05) is 0 Å². The van der Waals surface area contributed by atoms with E-state index in [0.29, 0.717) is 5.92 Å². The van der Waals surface area contributed by atoms with Crippen molar-refractivity contribution in [2.45, 2.75) is 45.3 Å². The minimum atomic E-state index is 0.537. The standard InChI is InChI=1S/C19H27N5O/c1-14-3-4-17(25-2)16(11-14)13-23-8-5-15(6-9-23)19-22-21-18-12-20-7-10-24(18)19/h3-4,11,15,20H,5-10,12-13H2,1-2H3. The summed E-state index contributed by atoms with van der Waals surface area (Å²) < 4.78 is 7.86. The summed E-state index contributed by atoms with van der Waals surface area (Å²) in [6.45, 7) is 8.16. The van der Waals surface area contributed by atoms with E-state index >= 15 is 0 Å². The van der Waals surface area contributed by atoms with E-state index in [4.69, 9.17) is 4.74 Å². The normalized spacial score (nSPS) is 19.0. The lowest BCUT2D eigenvalue weighted by Crippen LogP contribution is -2.34. The van der Waals surface area contributed by atoms with Crippen LogP contribution in [0.5, 0.6) is 5.75 Å². The Morgan fingerprint density at radius 1 is 1.20 bits per heavy atom. The van der Waals surface area contributed by atoms with Crippen LogP contribution in [0, 0.1) is 6.92 Å². The molecule has 2 aliphatic rings. The largest absolute Gasteiger partial charge is 0.496 e. The summed E-state index contributed by atoms with van der Waals surface area (Å²) in [7, 11) is 1.75. The smallest absolute Gasteiger partial charge is 0.147 e. The zero-order chi connectivity index (χ0) is 17.2. The number of fused-ring (bicyclic) bond motifs is 1. The number of nitrogens with one attached hydrogen (secondary N) is 1. The van der Waals surface area contributed by atoms with Crippen LogP contribution >= 0.6 is 0 Å². The molecule has 0 spiro atoms. The number of hydrogen-bond donors (Lipinski definition) is 1. The first-order valence-electron chi connectivity index (χ1n) is 9.23. The highest BCUT2D eigenvalue weighted by atomic mass is 16.5. The van der Waals surface area contributed by atoms with E-state index in [2.05, 4.69) is 50.1 Å². The predicted octanol–water partition coefficient (Wildman–Crippen LogP) is 2.08. The minimum absolute atomic E-state index is 0.537. The number of hydrogen-bond acceptors (Lipinski definition) is 5. The lowest BCUT2D eigenvalue weighted by Gasteiger charge is -2.32. The second-order valence-electron chi connectivity index (χ2n) is 7.17. The topological polar surface area (TPSA) is 55.2 Å². The molecule has 25 heavy (non-hydrogen) atoms. The molecule has 0 radical (unpaired) electrons. The van der Waals surface area contributed by atoms with Gasteiger partial charge in [-0.15, -0.1) is 10.2 Å². The van der Waals surface area contributed by atoms with Crippen molar-refractivity contribution in [2.75, 3.05) is 26.7 Å². The molecule has 3 heterocycles. The number of benzene rings is 1. The van der Waals surface area contributed by atoms with E-state index in [9.17, 15) is 0 Å². The summed E-state index contributed by atoms with van der Waals surface area (Å²) in [4.78, 5) is 2.53. The molecule has 4 rings (SSSR count). The number of nitrogens with zero attached hydrogens (tertiary/aromatic N) is 4. The van der Waals surface area contributed by atoms with Gasteiger partial charge in [0, 0.05) is 31.1 Å². The van der Waals surface area contributed by atoms with Gasteiger partial charge in [0.25, 0.3) is 0 Å². The Morgan fingerprint density at radius 2 is 2.04 bits per heavy atom. The van der Waals surface area contributed by atoms with Crippen LogP contribution in [0.4, 0.5) is 0 Å². The average Bonchev–Trinajstić information content (AvgIpc) is 3.07. The lowest BCUT2D eigenvalue weighted by atomic mass is 9.95. The van der Waals surface area contributed by atoms with Gasteiger partial charge in [-0.2, -0.15) is 0 Å². The molecule has 1 aromatic carbocycles. The van der Waals surface area contributed by atoms with Gasteiger partial charge in [0.15, 0.2) is 0 Å². The summed E-state index contributed by atoms with van der Waals surface area (Å²) >= 11 is 0. The molecule has 2 aromatic rings. The molecule has 0 amide bonds. The van der Waals surface area contributed by atoms with Gasteiger partial charge < -0.3 is 14.6 Å². The molecule has 2 aliphatic heterocycles. The Balaban J connectivity index is 1.40. The third-order valence-electron chi connectivity index (χ3n) is 5.43. The molecule has 134 valence electrons. The van der Waals surface area contributed by atoms with Crippen molar-refractivity contribution in [1.82, 2.24) is 25.0 Å². The van der Waals surface area contributed by atoms with E-state index in [0.717, 1.165) is 63.7 Å². The Bertz CT molecular complexity index is 733. The van der Waals surface area contributed by atoms with E-state index < -0.39 is 0 Å². The van der Waals surface area contributed by atoms with Crippen molar-refractivity contribution in [1.29, 1.82) is 0 Å². The second-order valence-corrected chi connectivity index (χ2v) is 7.17. The molecule has 1 saturated heterocycles. The van der Waals surface area contributed by atoms with Crippen LogP contribution in [-0.2, 0) is 19.6 Å². The van der Waals surface area contributed by atoms with Gasteiger partial charge in [0.1, 0.15) is 17.4 Å². The molecule has 0 unspecified atom stereocenters. The molecule has 0 aliphatic carbocycles. The molecule has 1 N–H and O–H groups in total. The van der Waals surface area contributed by atoms with Crippen molar-refractivity contribution in [2.24, 2.45) is 0 Å². The first-order valence-corrected chi connectivity index (χ1v) is 9.23. The summed E-state index contributed by atoms with van der Waals surface area (Å²) in [6, 6.07) is 6.43. The quantitative estimate of drug-likeness (QED) is 0.923. The van der Waals surface area contributed by atoms with Crippen LogP contribution in [-0.4, -0.2) is 46.4 Å². The van der Waals surface area contributed by atoms with Gasteiger partial charge in [-0.25, -0.2) is 0 Å². The van der Waals surface area contributed by atoms with Crippen molar-refractivity contribution in [3.8, 4) is 5.75 Å². The third-order valence-corrected chi connectivity index (χ3v) is 5.43. The van der Waals surface area contributed by atoms with Crippen LogP contribution in [0.2, 0.25) is 0 Å². The Hall–Kier alpha value is -1.92. The summed E-state index contributed by atoms with van der Waals surface area (Å²) in [6.07, 6.45) is 2.30. The first kappa shape index (κ1) is 16.5. The van der Waals surface area contributed by atoms with Crippen molar-refractivity contribution >= 4 is 0 Å². The summed E-state index contributed by atoms with van der Waals surface area (Å²) in [5.74, 6) is 3.82. The molecule has 1 aromatic heterocycles. The minimum Gasteiger partial charge on any atom is -0.496 e. The SMILES string of the molecule is COc1ccc(C)cc1CN1CCC(c2nnc3n2CCNC3)CC1. The molecular formula is C19H27N5O. The van der Waals surface area contributed by atoms with Gasteiger partial charge in [-0.05, 0) is 38.9 Å².